The van der Waals surface area contributed by atoms with Crippen LogP contribution in [0.1, 0.15) is 29.4 Å². The molecule has 0 aliphatic rings. The van der Waals surface area contributed by atoms with Crippen molar-refractivity contribution in [3.8, 4) is 0 Å². The van der Waals surface area contributed by atoms with E-state index in [0.717, 1.165) is 22.2 Å². The van der Waals surface area contributed by atoms with Crippen LogP contribution in [0.2, 0.25) is 0 Å². The largest absolute Gasteiger partial charge is 0.360 e. The minimum absolute atomic E-state index is 0.163. The molecular weight excluding hydrogens is 220 g/mol. The summed E-state index contributed by atoms with van der Waals surface area (Å²) in [6.07, 6.45) is 3.57. The number of nitrogens with one attached hydrogen (secondary N) is 1. The maximum atomic E-state index is 4.43. The fourth-order valence-corrected chi connectivity index (χ4v) is 1.99. The summed E-state index contributed by atoms with van der Waals surface area (Å²) >= 11 is 1.64. The Bertz CT molecular complexity index is 467. The number of aryl methyl sites for hydroxylation is 2. The first-order chi connectivity index (χ1) is 7.66. The van der Waals surface area contributed by atoms with E-state index in [4.69, 9.17) is 0 Å². The first-order valence-electron chi connectivity index (χ1n) is 5.13. The van der Waals surface area contributed by atoms with Crippen LogP contribution in [0.3, 0.4) is 0 Å². The van der Waals surface area contributed by atoms with Crippen LogP contribution >= 0.6 is 11.3 Å². The minimum atomic E-state index is 0.163. The summed E-state index contributed by atoms with van der Waals surface area (Å²) in [5.74, 6) is 0.797. The summed E-state index contributed by atoms with van der Waals surface area (Å²) < 4.78 is 0. The molecule has 0 aliphatic heterocycles. The summed E-state index contributed by atoms with van der Waals surface area (Å²) in [7, 11) is 0. The van der Waals surface area contributed by atoms with Gasteiger partial charge >= 0.3 is 0 Å². The molecule has 2 rings (SSSR count). The van der Waals surface area contributed by atoms with Crippen molar-refractivity contribution in [3.05, 3.63) is 34.2 Å². The molecule has 2 aromatic rings. The first-order valence-corrected chi connectivity index (χ1v) is 6.01. The molecule has 84 valence electrons. The predicted molar refractivity (Wildman–Crippen MR) is 65.7 cm³/mol. The lowest BCUT2D eigenvalue weighted by Gasteiger charge is -2.12. The summed E-state index contributed by atoms with van der Waals surface area (Å²) in [6.45, 7) is 5.98. The van der Waals surface area contributed by atoms with Crippen molar-refractivity contribution in [1.29, 1.82) is 0 Å². The number of rotatable bonds is 3. The van der Waals surface area contributed by atoms with Gasteiger partial charge in [-0.2, -0.15) is 0 Å². The monoisotopic (exact) mass is 234 g/mol. The zero-order valence-electron chi connectivity index (χ0n) is 9.56. The highest BCUT2D eigenvalue weighted by Crippen LogP contribution is 2.19. The molecule has 2 aromatic heterocycles. The number of thiazole rings is 1. The van der Waals surface area contributed by atoms with Gasteiger partial charge in [0.15, 0.2) is 0 Å². The normalized spacial score (nSPS) is 12.4. The Morgan fingerprint density at radius 1 is 1.25 bits per heavy atom. The highest BCUT2D eigenvalue weighted by Gasteiger charge is 2.08. The third-order valence-electron chi connectivity index (χ3n) is 2.38. The van der Waals surface area contributed by atoms with Gasteiger partial charge in [0.25, 0.3) is 0 Å². The molecule has 16 heavy (non-hydrogen) atoms. The highest BCUT2D eigenvalue weighted by molar-refractivity contribution is 7.09. The van der Waals surface area contributed by atoms with Crippen molar-refractivity contribution in [2.24, 2.45) is 0 Å². The van der Waals surface area contributed by atoms with Gasteiger partial charge in [0.05, 0.1) is 23.6 Å². The van der Waals surface area contributed by atoms with E-state index >= 15 is 0 Å². The Morgan fingerprint density at radius 3 is 2.69 bits per heavy atom. The molecule has 0 amide bonds. The predicted octanol–water partition coefficient (Wildman–Crippen LogP) is 2.72. The van der Waals surface area contributed by atoms with Crippen LogP contribution in [0.5, 0.6) is 0 Å². The van der Waals surface area contributed by atoms with Crippen molar-refractivity contribution in [2.75, 3.05) is 5.32 Å². The van der Waals surface area contributed by atoms with Gasteiger partial charge in [-0.25, -0.2) is 9.97 Å². The van der Waals surface area contributed by atoms with E-state index in [1.807, 2.05) is 25.4 Å². The van der Waals surface area contributed by atoms with Crippen LogP contribution in [0, 0.1) is 13.8 Å². The maximum Gasteiger partial charge on any atom is 0.145 e. The number of hydrogen-bond acceptors (Lipinski definition) is 5. The van der Waals surface area contributed by atoms with Crippen LogP contribution in [-0.4, -0.2) is 15.0 Å². The molecule has 2 heterocycles. The Labute approximate surface area is 98.8 Å². The quantitative estimate of drug-likeness (QED) is 0.887. The van der Waals surface area contributed by atoms with Crippen LogP contribution in [0.25, 0.3) is 0 Å². The van der Waals surface area contributed by atoms with Crippen molar-refractivity contribution in [3.63, 3.8) is 0 Å². The molecule has 1 N–H and O–H groups in total. The van der Waals surface area contributed by atoms with E-state index in [1.165, 1.54) is 0 Å². The molecule has 0 aliphatic carbocycles. The van der Waals surface area contributed by atoms with Crippen LogP contribution in [-0.2, 0) is 0 Å². The van der Waals surface area contributed by atoms with Crippen LogP contribution in [0.15, 0.2) is 17.8 Å². The fraction of sp³-hybridized carbons (Fsp3) is 0.364. The van der Waals surface area contributed by atoms with Crippen LogP contribution in [0.4, 0.5) is 5.82 Å². The van der Waals surface area contributed by atoms with Gasteiger partial charge in [0.2, 0.25) is 0 Å². The Kier molecular flexibility index (Phi) is 3.14. The van der Waals surface area contributed by atoms with Gasteiger partial charge < -0.3 is 5.32 Å². The van der Waals surface area contributed by atoms with Crippen molar-refractivity contribution in [2.45, 2.75) is 26.8 Å². The van der Waals surface area contributed by atoms with E-state index in [0.29, 0.717) is 0 Å². The van der Waals surface area contributed by atoms with E-state index in [9.17, 15) is 0 Å². The van der Waals surface area contributed by atoms with Crippen molar-refractivity contribution >= 4 is 17.2 Å². The first kappa shape index (κ1) is 11.0. The van der Waals surface area contributed by atoms with E-state index in [2.05, 4.69) is 27.2 Å². The number of nitrogens with zero attached hydrogens (tertiary/aromatic N) is 3. The molecule has 1 unspecified atom stereocenters. The lowest BCUT2D eigenvalue weighted by atomic mass is 10.3. The number of anilines is 1. The van der Waals surface area contributed by atoms with Gasteiger partial charge in [0.1, 0.15) is 10.8 Å². The van der Waals surface area contributed by atoms with Gasteiger partial charge in [0, 0.05) is 11.6 Å². The smallest absolute Gasteiger partial charge is 0.145 e. The molecular formula is C11H14N4S. The SMILES string of the molecule is Cc1ncc(NC(C)c2nccs2)nc1C. The number of aromatic nitrogens is 3. The van der Waals surface area contributed by atoms with Gasteiger partial charge in [-0.05, 0) is 20.8 Å². The molecule has 0 aromatic carbocycles. The maximum absolute atomic E-state index is 4.43. The molecule has 0 saturated heterocycles. The van der Waals surface area contributed by atoms with Gasteiger partial charge in [-0.15, -0.1) is 11.3 Å². The summed E-state index contributed by atoms with van der Waals surface area (Å²) in [6, 6.07) is 0.163. The van der Waals surface area contributed by atoms with Gasteiger partial charge in [-0.3, -0.25) is 4.98 Å². The molecule has 0 spiro atoms. The minimum Gasteiger partial charge on any atom is -0.360 e. The highest BCUT2D eigenvalue weighted by atomic mass is 32.1. The summed E-state index contributed by atoms with van der Waals surface area (Å²) in [5.41, 5.74) is 1.92. The van der Waals surface area contributed by atoms with E-state index in [-0.39, 0.29) is 6.04 Å². The lowest BCUT2D eigenvalue weighted by Crippen LogP contribution is -2.08. The van der Waals surface area contributed by atoms with Crippen molar-refractivity contribution < 1.29 is 0 Å². The van der Waals surface area contributed by atoms with E-state index in [1.54, 1.807) is 17.5 Å². The molecule has 0 radical (unpaired) electrons. The second-order valence-electron chi connectivity index (χ2n) is 3.66. The molecule has 0 fully saturated rings. The van der Waals surface area contributed by atoms with Crippen molar-refractivity contribution in [1.82, 2.24) is 15.0 Å². The third kappa shape index (κ3) is 2.36. The second kappa shape index (κ2) is 4.57. The Morgan fingerprint density at radius 2 is 2.06 bits per heavy atom. The zero-order valence-corrected chi connectivity index (χ0v) is 10.4. The topological polar surface area (TPSA) is 50.7 Å². The molecule has 4 nitrogen and oxygen atoms in total. The average Bonchev–Trinajstić information content (AvgIpc) is 2.77. The summed E-state index contributed by atoms with van der Waals surface area (Å²) in [4.78, 5) is 13.0. The third-order valence-corrected chi connectivity index (χ3v) is 3.34. The molecule has 5 heteroatoms. The number of hydrogen-bond donors (Lipinski definition) is 1. The molecule has 1 atom stereocenters. The molecule has 0 bridgehead atoms. The average molecular weight is 234 g/mol. The standard InChI is InChI=1S/C11H14N4S/c1-7-8(2)14-10(6-13-7)15-9(3)11-12-4-5-16-11/h4-6,9H,1-3H3,(H,14,15). The lowest BCUT2D eigenvalue weighted by molar-refractivity contribution is 0.853. The fourth-order valence-electron chi connectivity index (χ4n) is 1.34. The van der Waals surface area contributed by atoms with E-state index < -0.39 is 0 Å². The Balaban J connectivity index is 2.12. The van der Waals surface area contributed by atoms with Gasteiger partial charge in [-0.1, -0.05) is 0 Å². The molecule has 0 saturated carbocycles. The van der Waals surface area contributed by atoms with Crippen LogP contribution < -0.4 is 5.32 Å². The summed E-state index contributed by atoms with van der Waals surface area (Å²) in [5, 5.41) is 6.31. The second-order valence-corrected chi connectivity index (χ2v) is 4.59. The Hall–Kier alpha value is -1.49. The zero-order chi connectivity index (χ0) is 11.5.